The lowest BCUT2D eigenvalue weighted by Crippen LogP contribution is -2.31. The van der Waals surface area contributed by atoms with Crippen molar-refractivity contribution in [3.8, 4) is 5.75 Å². The van der Waals surface area contributed by atoms with Crippen LogP contribution in [0.2, 0.25) is 5.02 Å². The van der Waals surface area contributed by atoms with Crippen molar-refractivity contribution in [3.05, 3.63) is 75.2 Å². The van der Waals surface area contributed by atoms with Crippen LogP contribution in [0.4, 0.5) is 0 Å². The minimum atomic E-state index is 0.0526. The second-order valence-corrected chi connectivity index (χ2v) is 8.21. The summed E-state index contributed by atoms with van der Waals surface area (Å²) in [4.78, 5) is 12.3. The molecule has 2 N–H and O–H groups in total. The van der Waals surface area contributed by atoms with Gasteiger partial charge in [-0.3, -0.25) is 4.79 Å². The Hall–Kier alpha value is -2.08. The van der Waals surface area contributed by atoms with E-state index in [-0.39, 0.29) is 11.8 Å². The molecule has 0 aromatic heterocycles. The highest BCUT2D eigenvalue weighted by Gasteiger charge is 2.21. The SMILES string of the molecule is C=CCOc1cc(/C=C/c2ccc(Cl)cc2Br)cc(CNC(=O)[C@@H]2CCNC2)c1. The van der Waals surface area contributed by atoms with Crippen LogP contribution in [0.25, 0.3) is 12.2 Å². The van der Waals surface area contributed by atoms with E-state index in [1.54, 1.807) is 6.08 Å². The number of hydrogen-bond acceptors (Lipinski definition) is 3. The van der Waals surface area contributed by atoms with Gasteiger partial charge in [-0.15, -0.1) is 0 Å². The lowest BCUT2D eigenvalue weighted by Gasteiger charge is -2.12. The average Bonchev–Trinajstić information content (AvgIpc) is 3.25. The molecule has 0 spiro atoms. The van der Waals surface area contributed by atoms with Gasteiger partial charge < -0.3 is 15.4 Å². The number of amides is 1. The standard InChI is InChI=1S/C23H24BrClN2O2/c1-2-9-29-21-11-16(3-4-18-5-6-20(25)13-22(18)24)10-17(12-21)14-27-23(28)19-7-8-26-15-19/h2-6,10-13,19,26H,1,7-9,14-15H2,(H,27,28)/b4-3+/t19-/m1/s1. The number of hydrogen-bond donors (Lipinski definition) is 2. The highest BCUT2D eigenvalue weighted by molar-refractivity contribution is 9.10. The Morgan fingerprint density at radius 2 is 2.17 bits per heavy atom. The van der Waals surface area contributed by atoms with Crippen LogP contribution in [-0.4, -0.2) is 25.6 Å². The quantitative estimate of drug-likeness (QED) is 0.414. The molecule has 1 atom stereocenters. The smallest absolute Gasteiger partial charge is 0.224 e. The molecule has 4 nitrogen and oxygen atoms in total. The van der Waals surface area contributed by atoms with Crippen LogP contribution in [0.5, 0.6) is 5.75 Å². The largest absolute Gasteiger partial charge is 0.490 e. The summed E-state index contributed by atoms with van der Waals surface area (Å²) in [5.41, 5.74) is 3.00. The Labute approximate surface area is 185 Å². The molecule has 2 aromatic carbocycles. The molecule has 1 aliphatic rings. The van der Waals surface area contributed by atoms with E-state index in [9.17, 15) is 4.79 Å². The third-order valence-corrected chi connectivity index (χ3v) is 5.59. The molecule has 1 aliphatic heterocycles. The number of benzene rings is 2. The summed E-state index contributed by atoms with van der Waals surface area (Å²) in [6.07, 6.45) is 6.63. The van der Waals surface area contributed by atoms with E-state index in [0.29, 0.717) is 18.2 Å². The molecule has 1 saturated heterocycles. The van der Waals surface area contributed by atoms with Gasteiger partial charge in [-0.1, -0.05) is 58.4 Å². The number of carbonyl (C=O) groups excluding carboxylic acids is 1. The zero-order valence-corrected chi connectivity index (χ0v) is 18.4. The minimum absolute atomic E-state index is 0.0526. The van der Waals surface area contributed by atoms with Gasteiger partial charge in [0.1, 0.15) is 12.4 Å². The molecule has 152 valence electrons. The van der Waals surface area contributed by atoms with Gasteiger partial charge in [0, 0.05) is 22.6 Å². The van der Waals surface area contributed by atoms with Crippen LogP contribution < -0.4 is 15.4 Å². The van der Waals surface area contributed by atoms with Crippen molar-refractivity contribution in [1.82, 2.24) is 10.6 Å². The van der Waals surface area contributed by atoms with Crippen LogP contribution in [0.15, 0.2) is 53.5 Å². The van der Waals surface area contributed by atoms with Crippen molar-refractivity contribution in [2.45, 2.75) is 13.0 Å². The Bertz CT molecular complexity index is 908. The maximum Gasteiger partial charge on any atom is 0.224 e. The highest BCUT2D eigenvalue weighted by atomic mass is 79.9. The molecule has 1 heterocycles. The second kappa shape index (κ2) is 10.6. The van der Waals surface area contributed by atoms with Gasteiger partial charge in [0.25, 0.3) is 0 Å². The molecule has 0 bridgehead atoms. The van der Waals surface area contributed by atoms with Gasteiger partial charge in [0.2, 0.25) is 5.91 Å². The van der Waals surface area contributed by atoms with Crippen LogP contribution in [-0.2, 0) is 11.3 Å². The lowest BCUT2D eigenvalue weighted by atomic mass is 10.1. The fourth-order valence-electron chi connectivity index (χ4n) is 3.16. The Morgan fingerprint density at radius 1 is 1.31 bits per heavy atom. The first-order valence-corrected chi connectivity index (χ1v) is 10.7. The molecular formula is C23H24BrClN2O2. The van der Waals surface area contributed by atoms with E-state index in [1.807, 2.05) is 48.6 Å². The van der Waals surface area contributed by atoms with Gasteiger partial charge in [0.05, 0.1) is 5.92 Å². The predicted molar refractivity (Wildman–Crippen MR) is 123 cm³/mol. The highest BCUT2D eigenvalue weighted by Crippen LogP contribution is 2.25. The van der Waals surface area contributed by atoms with E-state index >= 15 is 0 Å². The molecule has 29 heavy (non-hydrogen) atoms. The number of ether oxygens (including phenoxy) is 1. The minimum Gasteiger partial charge on any atom is -0.490 e. The Kier molecular flexibility index (Phi) is 7.92. The van der Waals surface area contributed by atoms with Gasteiger partial charge in [0.15, 0.2) is 0 Å². The third-order valence-electron chi connectivity index (χ3n) is 4.67. The van der Waals surface area contributed by atoms with E-state index in [0.717, 1.165) is 46.4 Å². The molecule has 1 fully saturated rings. The van der Waals surface area contributed by atoms with E-state index in [1.165, 1.54) is 0 Å². The topological polar surface area (TPSA) is 50.4 Å². The molecule has 0 aliphatic carbocycles. The first-order valence-electron chi connectivity index (χ1n) is 9.54. The molecule has 2 aromatic rings. The summed E-state index contributed by atoms with van der Waals surface area (Å²) in [5.74, 6) is 0.889. The van der Waals surface area contributed by atoms with Crippen LogP contribution in [0.3, 0.4) is 0 Å². The first-order chi connectivity index (χ1) is 14.0. The summed E-state index contributed by atoms with van der Waals surface area (Å²) in [6.45, 7) is 6.24. The fourth-order valence-corrected chi connectivity index (χ4v) is 3.97. The summed E-state index contributed by atoms with van der Waals surface area (Å²) in [7, 11) is 0. The lowest BCUT2D eigenvalue weighted by molar-refractivity contribution is -0.124. The number of rotatable bonds is 8. The first kappa shape index (κ1) is 21.6. The summed E-state index contributed by atoms with van der Waals surface area (Å²) in [5, 5.41) is 6.95. The Morgan fingerprint density at radius 3 is 2.90 bits per heavy atom. The van der Waals surface area contributed by atoms with Crippen molar-refractivity contribution in [1.29, 1.82) is 0 Å². The molecule has 6 heteroatoms. The van der Waals surface area contributed by atoms with E-state index in [4.69, 9.17) is 16.3 Å². The van der Waals surface area contributed by atoms with Crippen molar-refractivity contribution in [3.63, 3.8) is 0 Å². The monoisotopic (exact) mass is 474 g/mol. The van der Waals surface area contributed by atoms with Gasteiger partial charge in [-0.05, 0) is 60.0 Å². The maximum atomic E-state index is 12.3. The van der Waals surface area contributed by atoms with Gasteiger partial charge in [-0.25, -0.2) is 0 Å². The maximum absolute atomic E-state index is 12.3. The summed E-state index contributed by atoms with van der Waals surface area (Å²) >= 11 is 9.55. The van der Waals surface area contributed by atoms with Crippen molar-refractivity contribution in [2.75, 3.05) is 19.7 Å². The average molecular weight is 476 g/mol. The molecule has 0 radical (unpaired) electrons. The molecule has 0 saturated carbocycles. The Balaban J connectivity index is 1.76. The van der Waals surface area contributed by atoms with Crippen LogP contribution in [0, 0.1) is 5.92 Å². The molecule has 1 amide bonds. The number of carbonyl (C=O) groups is 1. The summed E-state index contributed by atoms with van der Waals surface area (Å²) in [6, 6.07) is 11.6. The van der Waals surface area contributed by atoms with Crippen molar-refractivity contribution < 1.29 is 9.53 Å². The van der Waals surface area contributed by atoms with E-state index in [2.05, 4.69) is 33.1 Å². The number of halogens is 2. The van der Waals surface area contributed by atoms with Crippen LogP contribution in [0.1, 0.15) is 23.1 Å². The second-order valence-electron chi connectivity index (χ2n) is 6.92. The van der Waals surface area contributed by atoms with Crippen molar-refractivity contribution in [2.24, 2.45) is 5.92 Å². The zero-order valence-electron chi connectivity index (χ0n) is 16.1. The summed E-state index contributed by atoms with van der Waals surface area (Å²) < 4.78 is 6.66. The predicted octanol–water partition coefficient (Wildman–Crippen LogP) is 5.06. The molecule has 3 rings (SSSR count). The zero-order chi connectivity index (χ0) is 20.6. The molecular weight excluding hydrogens is 452 g/mol. The van der Waals surface area contributed by atoms with E-state index < -0.39 is 0 Å². The van der Waals surface area contributed by atoms with Gasteiger partial charge >= 0.3 is 0 Å². The third kappa shape index (κ3) is 6.46. The van der Waals surface area contributed by atoms with Crippen LogP contribution >= 0.6 is 27.5 Å². The molecule has 0 unspecified atom stereocenters. The normalized spacial score (nSPS) is 16.1. The van der Waals surface area contributed by atoms with Gasteiger partial charge in [-0.2, -0.15) is 0 Å². The van der Waals surface area contributed by atoms with Crippen molar-refractivity contribution >= 4 is 45.6 Å². The number of nitrogens with one attached hydrogen (secondary N) is 2. The fraction of sp³-hybridized carbons (Fsp3) is 0.261.